The van der Waals surface area contributed by atoms with E-state index < -0.39 is 34.2 Å². The van der Waals surface area contributed by atoms with Crippen molar-refractivity contribution in [3.63, 3.8) is 0 Å². The Balaban J connectivity index is 2.47. The van der Waals surface area contributed by atoms with Gasteiger partial charge in [-0.1, -0.05) is 0 Å². The molecule has 0 aromatic heterocycles. The van der Waals surface area contributed by atoms with Gasteiger partial charge in [-0.3, -0.25) is 14.9 Å². The number of carboxylic acids is 2. The number of hydrogen-bond acceptors (Lipinski definition) is 4. The van der Waals surface area contributed by atoms with Crippen LogP contribution in [0.2, 0.25) is 0 Å². The molecule has 4 unspecified atom stereocenters. The molecule has 0 aliphatic heterocycles. The Morgan fingerprint density at radius 2 is 1.93 bits per heavy atom. The molecular formula is C8H9NO6. The second kappa shape index (κ2) is 2.68. The molecule has 0 aromatic rings. The summed E-state index contributed by atoms with van der Waals surface area (Å²) in [5.74, 6) is -5.11. The van der Waals surface area contributed by atoms with Crippen LogP contribution in [0.15, 0.2) is 0 Å². The first-order valence-electron chi connectivity index (χ1n) is 4.53. The van der Waals surface area contributed by atoms with Crippen LogP contribution in [0.3, 0.4) is 0 Å². The fourth-order valence-electron chi connectivity index (χ4n) is 2.73. The summed E-state index contributed by atoms with van der Waals surface area (Å²) in [7, 11) is 0. The van der Waals surface area contributed by atoms with Gasteiger partial charge in [-0.05, 0) is 18.8 Å². The van der Waals surface area contributed by atoms with E-state index in [0.717, 1.165) is 0 Å². The van der Waals surface area contributed by atoms with Crippen LogP contribution >= 0.6 is 0 Å². The van der Waals surface area contributed by atoms with Gasteiger partial charge in [0.05, 0.1) is 0 Å². The van der Waals surface area contributed by atoms with Crippen molar-refractivity contribution in [1.29, 1.82) is 0 Å². The zero-order valence-electron chi connectivity index (χ0n) is 7.62. The van der Waals surface area contributed by atoms with Crippen LogP contribution in [0.25, 0.3) is 0 Å². The number of aliphatic carboxylic acids is 2. The molecule has 7 nitrogen and oxygen atoms in total. The second-order valence-corrected chi connectivity index (χ2v) is 4.12. The molecule has 2 N–H and O–H groups in total. The van der Waals surface area contributed by atoms with E-state index in [4.69, 9.17) is 10.2 Å². The molecule has 15 heavy (non-hydrogen) atoms. The number of hydrogen-bond donors (Lipinski definition) is 2. The zero-order chi connectivity index (χ0) is 11.4. The molecule has 0 spiro atoms. The van der Waals surface area contributed by atoms with Gasteiger partial charge in [-0.15, -0.1) is 0 Å². The first-order valence-corrected chi connectivity index (χ1v) is 4.53. The van der Waals surface area contributed by atoms with E-state index >= 15 is 0 Å². The minimum absolute atomic E-state index is 0.104. The average molecular weight is 215 g/mol. The summed E-state index contributed by atoms with van der Waals surface area (Å²) >= 11 is 0. The van der Waals surface area contributed by atoms with Gasteiger partial charge in [0, 0.05) is 10.8 Å². The van der Waals surface area contributed by atoms with Crippen LogP contribution in [0.4, 0.5) is 0 Å². The van der Waals surface area contributed by atoms with Crippen LogP contribution < -0.4 is 0 Å². The lowest BCUT2D eigenvalue weighted by molar-refractivity contribution is -0.565. The monoisotopic (exact) mass is 215 g/mol. The SMILES string of the molecule is O=C(O)C1CC2CC2C1(C(=O)O)[N+](=O)[O-]. The van der Waals surface area contributed by atoms with E-state index in [-0.39, 0.29) is 12.3 Å². The maximum atomic E-state index is 11.0. The Labute approximate surface area is 83.8 Å². The molecule has 7 heteroatoms. The fraction of sp³-hybridized carbons (Fsp3) is 0.750. The molecule has 0 heterocycles. The average Bonchev–Trinajstić information content (AvgIpc) is 2.77. The maximum Gasteiger partial charge on any atom is 0.383 e. The predicted molar refractivity (Wildman–Crippen MR) is 44.7 cm³/mol. The standard InChI is InChI=1S/C8H9NO6/c10-6(11)5-2-3-1-4(3)8(5,7(12)13)9(14)15/h3-5H,1-2H2,(H,10,11)(H,12,13). The van der Waals surface area contributed by atoms with E-state index in [1.54, 1.807) is 0 Å². The van der Waals surface area contributed by atoms with Crippen molar-refractivity contribution in [2.45, 2.75) is 18.4 Å². The van der Waals surface area contributed by atoms with E-state index in [0.29, 0.717) is 6.42 Å². The smallest absolute Gasteiger partial charge is 0.383 e. The highest BCUT2D eigenvalue weighted by atomic mass is 16.6. The Hall–Kier alpha value is -1.66. The second-order valence-electron chi connectivity index (χ2n) is 4.12. The summed E-state index contributed by atoms with van der Waals surface area (Å²) in [5, 5.41) is 28.6. The van der Waals surface area contributed by atoms with Crippen molar-refractivity contribution in [2.24, 2.45) is 17.8 Å². The minimum Gasteiger partial charge on any atom is -0.481 e. The highest BCUT2D eigenvalue weighted by Crippen LogP contribution is 2.61. The zero-order valence-corrected chi connectivity index (χ0v) is 7.62. The molecule has 0 radical (unpaired) electrons. The topological polar surface area (TPSA) is 118 Å². The molecule has 2 aliphatic rings. The number of carboxylic acid groups (broad SMARTS) is 2. The van der Waals surface area contributed by atoms with Gasteiger partial charge in [0.1, 0.15) is 5.92 Å². The van der Waals surface area contributed by atoms with Crippen LogP contribution in [-0.4, -0.2) is 32.6 Å². The molecule has 2 saturated carbocycles. The number of nitrogens with zero attached hydrogens (tertiary/aromatic N) is 1. The van der Waals surface area contributed by atoms with E-state index in [1.807, 2.05) is 0 Å². The molecule has 4 atom stereocenters. The first-order chi connectivity index (χ1) is 6.92. The first kappa shape index (κ1) is 9.88. The summed E-state index contributed by atoms with van der Waals surface area (Å²) in [6, 6.07) is 0. The molecule has 2 aliphatic carbocycles. The van der Waals surface area contributed by atoms with Gasteiger partial charge in [0.15, 0.2) is 0 Å². The number of rotatable bonds is 3. The van der Waals surface area contributed by atoms with Crippen LogP contribution in [0.5, 0.6) is 0 Å². The lowest BCUT2D eigenvalue weighted by Crippen LogP contribution is -2.54. The molecular weight excluding hydrogens is 206 g/mol. The minimum atomic E-state index is -2.30. The van der Waals surface area contributed by atoms with Gasteiger partial charge in [0.25, 0.3) is 0 Å². The Bertz CT molecular complexity index is 350. The van der Waals surface area contributed by atoms with Crippen LogP contribution in [0.1, 0.15) is 12.8 Å². The predicted octanol–water partition coefficient (Wildman–Crippen LogP) is -0.173. The molecule has 0 amide bonds. The third kappa shape index (κ3) is 0.999. The molecule has 82 valence electrons. The molecule has 0 bridgehead atoms. The lowest BCUT2D eigenvalue weighted by Gasteiger charge is -2.22. The van der Waals surface area contributed by atoms with Gasteiger partial charge in [-0.25, -0.2) is 4.79 Å². The number of carbonyl (C=O) groups is 2. The molecule has 2 rings (SSSR count). The van der Waals surface area contributed by atoms with Crippen LogP contribution in [-0.2, 0) is 9.59 Å². The third-order valence-electron chi connectivity index (χ3n) is 3.50. The van der Waals surface area contributed by atoms with Crippen LogP contribution in [0, 0.1) is 27.9 Å². The van der Waals surface area contributed by atoms with Gasteiger partial charge < -0.3 is 10.2 Å². The van der Waals surface area contributed by atoms with Crippen molar-refractivity contribution in [1.82, 2.24) is 0 Å². The largest absolute Gasteiger partial charge is 0.481 e. The highest BCUT2D eigenvalue weighted by Gasteiger charge is 2.78. The summed E-state index contributed by atoms with van der Waals surface area (Å²) in [4.78, 5) is 31.8. The lowest BCUT2D eigenvalue weighted by atomic mass is 9.83. The van der Waals surface area contributed by atoms with Crippen molar-refractivity contribution < 1.29 is 24.7 Å². The molecule has 0 aromatic carbocycles. The number of nitro groups is 1. The van der Waals surface area contributed by atoms with Crippen molar-refractivity contribution in [3.8, 4) is 0 Å². The van der Waals surface area contributed by atoms with Gasteiger partial charge in [-0.2, -0.15) is 0 Å². The summed E-state index contributed by atoms with van der Waals surface area (Å²) < 4.78 is 0. The Kier molecular flexibility index (Phi) is 1.76. The van der Waals surface area contributed by atoms with Gasteiger partial charge in [0.2, 0.25) is 0 Å². The maximum absolute atomic E-state index is 11.0. The van der Waals surface area contributed by atoms with Crippen molar-refractivity contribution in [2.75, 3.05) is 0 Å². The Morgan fingerprint density at radius 1 is 1.33 bits per heavy atom. The quantitative estimate of drug-likeness (QED) is 0.498. The van der Waals surface area contributed by atoms with E-state index in [2.05, 4.69) is 0 Å². The molecule has 2 fully saturated rings. The molecule has 0 saturated heterocycles. The Morgan fingerprint density at radius 3 is 2.27 bits per heavy atom. The third-order valence-corrected chi connectivity index (χ3v) is 3.50. The van der Waals surface area contributed by atoms with E-state index in [9.17, 15) is 19.7 Å². The summed E-state index contributed by atoms with van der Waals surface area (Å²) in [5.41, 5.74) is -2.30. The summed E-state index contributed by atoms with van der Waals surface area (Å²) in [6.07, 6.45) is 0.560. The fourth-order valence-corrected chi connectivity index (χ4v) is 2.73. The highest BCUT2D eigenvalue weighted by molar-refractivity contribution is 5.87. The van der Waals surface area contributed by atoms with Crippen molar-refractivity contribution >= 4 is 11.9 Å². The number of fused-ring (bicyclic) bond motifs is 1. The normalized spacial score (nSPS) is 42.0. The van der Waals surface area contributed by atoms with Crippen molar-refractivity contribution in [3.05, 3.63) is 10.1 Å². The van der Waals surface area contributed by atoms with Gasteiger partial charge >= 0.3 is 17.5 Å². The summed E-state index contributed by atoms with van der Waals surface area (Å²) in [6.45, 7) is 0. The van der Waals surface area contributed by atoms with E-state index in [1.165, 1.54) is 0 Å².